The Labute approximate surface area is 108 Å². The summed E-state index contributed by atoms with van der Waals surface area (Å²) < 4.78 is 26.6. The average Bonchev–Trinajstić information content (AvgIpc) is 2.98. The van der Waals surface area contributed by atoms with E-state index in [1.54, 1.807) is 6.92 Å². The van der Waals surface area contributed by atoms with Crippen molar-refractivity contribution in [2.24, 2.45) is 7.05 Å². The van der Waals surface area contributed by atoms with Crippen molar-refractivity contribution in [1.82, 2.24) is 15.1 Å². The van der Waals surface area contributed by atoms with Crippen molar-refractivity contribution in [2.45, 2.75) is 37.8 Å². The van der Waals surface area contributed by atoms with E-state index in [1.165, 1.54) is 13.2 Å². The number of nitrogens with one attached hydrogen (secondary N) is 2. The van der Waals surface area contributed by atoms with Crippen LogP contribution < -0.4 is 10.6 Å². The molecule has 1 atom stereocenters. The lowest BCUT2D eigenvalue weighted by Gasteiger charge is -2.20. The second-order valence-electron chi connectivity index (χ2n) is 4.78. The van der Waals surface area contributed by atoms with Crippen molar-refractivity contribution in [3.8, 4) is 0 Å². The van der Waals surface area contributed by atoms with Gasteiger partial charge in [-0.3, -0.25) is 4.68 Å². The van der Waals surface area contributed by atoms with Crippen LogP contribution >= 0.6 is 0 Å². The van der Waals surface area contributed by atoms with Crippen molar-refractivity contribution in [2.75, 3.05) is 5.32 Å². The summed E-state index contributed by atoms with van der Waals surface area (Å²) in [5.74, 6) is 0. The number of hydrogen-bond acceptors (Lipinski definition) is 3. The van der Waals surface area contributed by atoms with Gasteiger partial charge in [0, 0.05) is 7.05 Å². The number of aliphatic hydroxyl groups excluding tert-OH is 1. The molecule has 0 spiro atoms. The topological polar surface area (TPSA) is 79.2 Å². The van der Waals surface area contributed by atoms with E-state index in [0.29, 0.717) is 12.8 Å². The number of halogens is 2. The van der Waals surface area contributed by atoms with Crippen LogP contribution in [0, 0.1) is 0 Å². The Bertz CT molecular complexity index is 483. The molecule has 0 bridgehead atoms. The number of amides is 2. The van der Waals surface area contributed by atoms with Crippen LogP contribution in [0.15, 0.2) is 6.20 Å². The van der Waals surface area contributed by atoms with Gasteiger partial charge in [0.1, 0.15) is 5.69 Å². The molecule has 2 rings (SSSR count). The van der Waals surface area contributed by atoms with Crippen LogP contribution in [-0.2, 0) is 7.05 Å². The van der Waals surface area contributed by atoms with E-state index in [9.17, 15) is 18.7 Å². The van der Waals surface area contributed by atoms with Gasteiger partial charge in [-0.05, 0) is 19.8 Å². The predicted octanol–water partition coefficient (Wildman–Crippen LogP) is 1.39. The molecule has 19 heavy (non-hydrogen) atoms. The number of alkyl halides is 2. The standard InChI is InChI=1S/C11H16F2N4O2/c1-6(18)11(3-4-11)16-10(19)15-7-5-14-17(2)8(7)9(12)13/h5-6,9,18H,3-4H2,1-2H3,(H2,15,16,19). The van der Waals surface area contributed by atoms with Crippen LogP contribution in [0.4, 0.5) is 19.3 Å². The molecule has 1 aromatic heterocycles. The van der Waals surface area contributed by atoms with Gasteiger partial charge < -0.3 is 15.7 Å². The molecule has 1 heterocycles. The number of anilines is 1. The molecule has 2 amide bonds. The molecule has 1 saturated carbocycles. The van der Waals surface area contributed by atoms with Gasteiger partial charge >= 0.3 is 6.03 Å². The normalized spacial score (nSPS) is 18.2. The van der Waals surface area contributed by atoms with Crippen LogP contribution in [0.25, 0.3) is 0 Å². The molecule has 0 aliphatic heterocycles. The van der Waals surface area contributed by atoms with Crippen LogP contribution in [-0.4, -0.2) is 32.6 Å². The lowest BCUT2D eigenvalue weighted by Crippen LogP contribution is -2.46. The monoisotopic (exact) mass is 274 g/mol. The average molecular weight is 274 g/mol. The highest BCUT2D eigenvalue weighted by molar-refractivity contribution is 5.90. The zero-order valence-corrected chi connectivity index (χ0v) is 10.7. The third-order valence-corrected chi connectivity index (χ3v) is 3.39. The number of carbonyl (C=O) groups is 1. The number of aryl methyl sites for hydroxylation is 1. The SMILES string of the molecule is CC(O)C1(NC(=O)Nc2cnn(C)c2C(F)F)CC1. The maximum Gasteiger partial charge on any atom is 0.319 e. The summed E-state index contributed by atoms with van der Waals surface area (Å²) >= 11 is 0. The number of hydrogen-bond donors (Lipinski definition) is 3. The van der Waals surface area contributed by atoms with Crippen molar-refractivity contribution >= 4 is 11.7 Å². The minimum atomic E-state index is -2.73. The van der Waals surface area contributed by atoms with E-state index in [0.717, 1.165) is 4.68 Å². The molecule has 1 aliphatic rings. The highest BCUT2D eigenvalue weighted by atomic mass is 19.3. The van der Waals surface area contributed by atoms with Crippen molar-refractivity contribution in [1.29, 1.82) is 0 Å². The summed E-state index contributed by atoms with van der Waals surface area (Å²) in [4.78, 5) is 11.7. The van der Waals surface area contributed by atoms with Crippen LogP contribution in [0.5, 0.6) is 0 Å². The zero-order valence-electron chi connectivity index (χ0n) is 10.7. The number of aliphatic hydroxyl groups is 1. The minimum absolute atomic E-state index is 0.0311. The quantitative estimate of drug-likeness (QED) is 0.776. The van der Waals surface area contributed by atoms with Gasteiger partial charge in [0.05, 0.1) is 23.5 Å². The summed E-state index contributed by atoms with van der Waals surface area (Å²) in [7, 11) is 1.38. The zero-order chi connectivity index (χ0) is 14.2. The van der Waals surface area contributed by atoms with Gasteiger partial charge in [0.25, 0.3) is 6.43 Å². The Morgan fingerprint density at radius 2 is 2.21 bits per heavy atom. The molecule has 106 valence electrons. The molecule has 0 aromatic carbocycles. The Kier molecular flexibility index (Phi) is 3.44. The molecule has 0 saturated heterocycles. The number of urea groups is 1. The molecular formula is C11H16F2N4O2. The van der Waals surface area contributed by atoms with Crippen LogP contribution in [0.1, 0.15) is 31.9 Å². The molecule has 0 radical (unpaired) electrons. The molecule has 3 N–H and O–H groups in total. The second kappa shape index (κ2) is 4.76. The van der Waals surface area contributed by atoms with E-state index < -0.39 is 24.1 Å². The highest BCUT2D eigenvalue weighted by Gasteiger charge is 2.48. The summed E-state index contributed by atoms with van der Waals surface area (Å²) in [6.45, 7) is 1.59. The molecule has 8 heteroatoms. The Hall–Kier alpha value is -1.70. The first-order chi connectivity index (χ1) is 8.85. The Morgan fingerprint density at radius 1 is 1.58 bits per heavy atom. The van der Waals surface area contributed by atoms with Crippen LogP contribution in [0.2, 0.25) is 0 Å². The number of rotatable bonds is 4. The van der Waals surface area contributed by atoms with Crippen molar-refractivity contribution in [3.63, 3.8) is 0 Å². The summed E-state index contributed by atoms with van der Waals surface area (Å²) in [5.41, 5.74) is -1.01. The fraction of sp³-hybridized carbons (Fsp3) is 0.636. The molecular weight excluding hydrogens is 258 g/mol. The highest BCUT2D eigenvalue weighted by Crippen LogP contribution is 2.38. The first-order valence-electron chi connectivity index (χ1n) is 5.93. The minimum Gasteiger partial charge on any atom is -0.391 e. The van der Waals surface area contributed by atoms with E-state index in [-0.39, 0.29) is 11.4 Å². The van der Waals surface area contributed by atoms with Gasteiger partial charge in [-0.1, -0.05) is 0 Å². The fourth-order valence-electron chi connectivity index (χ4n) is 1.96. The second-order valence-corrected chi connectivity index (χ2v) is 4.78. The maximum atomic E-state index is 12.8. The first-order valence-corrected chi connectivity index (χ1v) is 5.93. The summed E-state index contributed by atoms with van der Waals surface area (Å²) in [6.07, 6.45) is -0.890. The predicted molar refractivity (Wildman–Crippen MR) is 64.0 cm³/mol. The van der Waals surface area contributed by atoms with E-state index >= 15 is 0 Å². The Balaban J connectivity index is 2.04. The third kappa shape index (κ3) is 2.67. The largest absolute Gasteiger partial charge is 0.391 e. The third-order valence-electron chi connectivity index (χ3n) is 3.39. The molecule has 1 aromatic rings. The van der Waals surface area contributed by atoms with Crippen LogP contribution in [0.3, 0.4) is 0 Å². The summed E-state index contributed by atoms with van der Waals surface area (Å²) in [5, 5.41) is 18.2. The number of aromatic nitrogens is 2. The number of nitrogens with zero attached hydrogens (tertiary/aromatic N) is 2. The van der Waals surface area contributed by atoms with E-state index in [1.807, 2.05) is 0 Å². The van der Waals surface area contributed by atoms with Gasteiger partial charge in [-0.2, -0.15) is 5.10 Å². The van der Waals surface area contributed by atoms with Gasteiger partial charge in [0.2, 0.25) is 0 Å². The summed E-state index contributed by atoms with van der Waals surface area (Å²) in [6, 6.07) is -0.617. The fourth-order valence-corrected chi connectivity index (χ4v) is 1.96. The number of carbonyl (C=O) groups excluding carboxylic acids is 1. The molecule has 1 unspecified atom stereocenters. The molecule has 1 fully saturated rings. The van der Waals surface area contributed by atoms with E-state index in [4.69, 9.17) is 0 Å². The van der Waals surface area contributed by atoms with Gasteiger partial charge in [-0.25, -0.2) is 13.6 Å². The van der Waals surface area contributed by atoms with Crippen molar-refractivity contribution < 1.29 is 18.7 Å². The first kappa shape index (κ1) is 13.7. The van der Waals surface area contributed by atoms with Gasteiger partial charge in [0.15, 0.2) is 0 Å². The lowest BCUT2D eigenvalue weighted by atomic mass is 10.1. The maximum absolute atomic E-state index is 12.8. The molecule has 1 aliphatic carbocycles. The molecule has 6 nitrogen and oxygen atoms in total. The lowest BCUT2D eigenvalue weighted by molar-refractivity contribution is 0.136. The Morgan fingerprint density at radius 3 is 2.68 bits per heavy atom. The smallest absolute Gasteiger partial charge is 0.319 e. The van der Waals surface area contributed by atoms with Gasteiger partial charge in [-0.15, -0.1) is 0 Å². The van der Waals surface area contributed by atoms with Crippen molar-refractivity contribution in [3.05, 3.63) is 11.9 Å². The van der Waals surface area contributed by atoms with E-state index in [2.05, 4.69) is 15.7 Å².